The summed E-state index contributed by atoms with van der Waals surface area (Å²) in [4.78, 5) is 4.70. The number of aliphatic imine (C=N–C) groups is 1. The Balaban J connectivity index is 1.62. The zero-order valence-corrected chi connectivity index (χ0v) is 16.0. The molecule has 5 nitrogen and oxygen atoms in total. The summed E-state index contributed by atoms with van der Waals surface area (Å²) in [6.07, 6.45) is 7.46. The van der Waals surface area contributed by atoms with Crippen molar-refractivity contribution in [1.29, 1.82) is 0 Å². The van der Waals surface area contributed by atoms with Crippen molar-refractivity contribution in [2.45, 2.75) is 70.1 Å². The summed E-state index contributed by atoms with van der Waals surface area (Å²) in [5.74, 6) is 2.70. The summed E-state index contributed by atoms with van der Waals surface area (Å²) >= 11 is 1.82. The highest BCUT2D eigenvalue weighted by molar-refractivity contribution is 7.99. The van der Waals surface area contributed by atoms with Gasteiger partial charge in [-0.3, -0.25) is 4.99 Å². The molecule has 0 bridgehead atoms. The summed E-state index contributed by atoms with van der Waals surface area (Å²) < 4.78 is 6.00. The first-order valence-corrected chi connectivity index (χ1v) is 10.7. The summed E-state index contributed by atoms with van der Waals surface area (Å²) in [5.41, 5.74) is -0.322. The van der Waals surface area contributed by atoms with E-state index in [0.717, 1.165) is 43.5 Å². The number of guanidine groups is 1. The molecule has 2 aliphatic carbocycles. The Morgan fingerprint density at radius 2 is 2.08 bits per heavy atom. The highest BCUT2D eigenvalue weighted by Gasteiger charge is 2.57. The number of rotatable bonds is 6. The fourth-order valence-corrected chi connectivity index (χ4v) is 5.81. The standard InChI is InChI=1S/C18H33N3O2S/c1-3-19-16(20-12-17(22)9-10-24-13-17)21-14-11-15(23-4-2)18(14)7-5-6-8-18/h14-15,22H,3-13H2,1-2H3,(H2,19,20,21). The minimum Gasteiger partial charge on any atom is -0.387 e. The Bertz CT molecular complexity index is 446. The SMILES string of the molecule is CCNC(=NCC1(O)CCSC1)NC1CC(OCC)C12CCCC2. The number of thioether (sulfide) groups is 1. The first kappa shape index (κ1) is 18.3. The zero-order valence-electron chi connectivity index (χ0n) is 15.1. The first-order valence-electron chi connectivity index (χ1n) is 9.58. The largest absolute Gasteiger partial charge is 0.387 e. The van der Waals surface area contributed by atoms with Gasteiger partial charge < -0.3 is 20.5 Å². The molecule has 0 radical (unpaired) electrons. The van der Waals surface area contributed by atoms with E-state index in [4.69, 9.17) is 9.73 Å². The zero-order chi connectivity index (χ0) is 17.0. The van der Waals surface area contributed by atoms with Crippen LogP contribution in [-0.4, -0.2) is 60.0 Å². The van der Waals surface area contributed by atoms with Crippen molar-refractivity contribution in [2.24, 2.45) is 10.4 Å². The molecular weight excluding hydrogens is 322 g/mol. The van der Waals surface area contributed by atoms with E-state index >= 15 is 0 Å². The molecule has 3 atom stereocenters. The van der Waals surface area contributed by atoms with Gasteiger partial charge in [0.25, 0.3) is 0 Å². The van der Waals surface area contributed by atoms with Crippen LogP contribution in [0.5, 0.6) is 0 Å². The number of ether oxygens (including phenoxy) is 1. The van der Waals surface area contributed by atoms with Crippen LogP contribution < -0.4 is 10.6 Å². The molecule has 3 fully saturated rings. The molecule has 0 aromatic carbocycles. The monoisotopic (exact) mass is 355 g/mol. The molecule has 3 N–H and O–H groups in total. The summed E-state index contributed by atoms with van der Waals surface area (Å²) in [6, 6.07) is 0.446. The second-order valence-electron chi connectivity index (χ2n) is 7.54. The van der Waals surface area contributed by atoms with E-state index in [2.05, 4.69) is 24.5 Å². The predicted molar refractivity (Wildman–Crippen MR) is 101 cm³/mol. The molecule has 24 heavy (non-hydrogen) atoms. The van der Waals surface area contributed by atoms with Gasteiger partial charge in [0, 0.05) is 30.4 Å². The van der Waals surface area contributed by atoms with Gasteiger partial charge in [-0.25, -0.2) is 0 Å². The van der Waals surface area contributed by atoms with Crippen LogP contribution in [0, 0.1) is 5.41 Å². The molecular formula is C18H33N3O2S. The van der Waals surface area contributed by atoms with E-state index in [1.807, 2.05) is 11.8 Å². The molecule has 3 rings (SSSR count). The van der Waals surface area contributed by atoms with E-state index in [-0.39, 0.29) is 0 Å². The summed E-state index contributed by atoms with van der Waals surface area (Å²) in [6.45, 7) is 6.32. The minimum atomic E-state index is -0.620. The molecule has 138 valence electrons. The molecule has 0 aromatic heterocycles. The maximum absolute atomic E-state index is 10.5. The molecule has 0 aromatic rings. The third-order valence-electron chi connectivity index (χ3n) is 5.96. The van der Waals surface area contributed by atoms with E-state index < -0.39 is 5.60 Å². The molecule has 1 spiro atoms. The van der Waals surface area contributed by atoms with E-state index in [9.17, 15) is 5.11 Å². The van der Waals surface area contributed by atoms with Crippen LogP contribution in [-0.2, 0) is 4.74 Å². The van der Waals surface area contributed by atoms with Gasteiger partial charge in [-0.2, -0.15) is 11.8 Å². The summed E-state index contributed by atoms with van der Waals surface area (Å²) in [7, 11) is 0. The highest BCUT2D eigenvalue weighted by atomic mass is 32.2. The molecule has 6 heteroatoms. The van der Waals surface area contributed by atoms with Crippen LogP contribution in [0.15, 0.2) is 4.99 Å². The molecule has 1 aliphatic heterocycles. The van der Waals surface area contributed by atoms with Gasteiger partial charge in [-0.05, 0) is 45.3 Å². The Morgan fingerprint density at radius 1 is 1.29 bits per heavy atom. The topological polar surface area (TPSA) is 65.9 Å². The Kier molecular flexibility index (Phi) is 5.98. The number of hydrogen-bond acceptors (Lipinski definition) is 4. The average molecular weight is 356 g/mol. The lowest BCUT2D eigenvalue weighted by molar-refractivity contribution is -0.125. The second kappa shape index (κ2) is 7.83. The van der Waals surface area contributed by atoms with Gasteiger partial charge in [-0.15, -0.1) is 0 Å². The summed E-state index contributed by atoms with van der Waals surface area (Å²) in [5, 5.41) is 17.5. The number of nitrogens with one attached hydrogen (secondary N) is 2. The lowest BCUT2D eigenvalue weighted by Crippen LogP contribution is -2.65. The van der Waals surface area contributed by atoms with E-state index in [1.54, 1.807) is 0 Å². The second-order valence-corrected chi connectivity index (χ2v) is 8.64. The van der Waals surface area contributed by atoms with Crippen LogP contribution in [0.2, 0.25) is 0 Å². The third kappa shape index (κ3) is 3.70. The van der Waals surface area contributed by atoms with Crippen molar-refractivity contribution < 1.29 is 9.84 Å². The lowest BCUT2D eigenvalue weighted by Gasteiger charge is -2.54. The van der Waals surface area contributed by atoms with Crippen molar-refractivity contribution in [3.8, 4) is 0 Å². The first-order chi connectivity index (χ1) is 11.6. The highest BCUT2D eigenvalue weighted by Crippen LogP contribution is 2.54. The Hall–Kier alpha value is -0.460. The van der Waals surface area contributed by atoms with Crippen molar-refractivity contribution in [2.75, 3.05) is 31.2 Å². The molecule has 0 amide bonds. The maximum Gasteiger partial charge on any atom is 0.191 e. The molecule has 1 saturated heterocycles. The predicted octanol–water partition coefficient (Wildman–Crippen LogP) is 2.15. The van der Waals surface area contributed by atoms with E-state index in [0.29, 0.717) is 24.1 Å². The Morgan fingerprint density at radius 3 is 2.71 bits per heavy atom. The van der Waals surface area contributed by atoms with Crippen LogP contribution in [0.1, 0.15) is 52.4 Å². The van der Waals surface area contributed by atoms with Gasteiger partial charge in [0.2, 0.25) is 0 Å². The van der Waals surface area contributed by atoms with Crippen molar-refractivity contribution in [1.82, 2.24) is 10.6 Å². The van der Waals surface area contributed by atoms with Gasteiger partial charge in [-0.1, -0.05) is 12.8 Å². The lowest BCUT2D eigenvalue weighted by atomic mass is 9.60. The van der Waals surface area contributed by atoms with Crippen LogP contribution in [0.25, 0.3) is 0 Å². The smallest absolute Gasteiger partial charge is 0.191 e. The fourth-order valence-electron chi connectivity index (χ4n) is 4.52. The van der Waals surface area contributed by atoms with Crippen molar-refractivity contribution in [3.63, 3.8) is 0 Å². The normalized spacial score (nSPS) is 35.2. The molecule has 3 aliphatic rings. The van der Waals surface area contributed by atoms with Gasteiger partial charge in [0.1, 0.15) is 0 Å². The van der Waals surface area contributed by atoms with Gasteiger partial charge in [0.05, 0.1) is 18.2 Å². The average Bonchev–Trinajstić information content (AvgIpc) is 3.23. The number of aliphatic hydroxyl groups is 1. The number of hydrogen-bond donors (Lipinski definition) is 3. The van der Waals surface area contributed by atoms with Crippen molar-refractivity contribution >= 4 is 17.7 Å². The molecule has 2 saturated carbocycles. The maximum atomic E-state index is 10.5. The molecule has 3 unspecified atom stereocenters. The quantitative estimate of drug-likeness (QED) is 0.503. The van der Waals surface area contributed by atoms with Crippen LogP contribution >= 0.6 is 11.8 Å². The molecule has 1 heterocycles. The minimum absolute atomic E-state index is 0.298. The van der Waals surface area contributed by atoms with E-state index in [1.165, 1.54) is 25.7 Å². The van der Waals surface area contributed by atoms with Gasteiger partial charge >= 0.3 is 0 Å². The van der Waals surface area contributed by atoms with Crippen molar-refractivity contribution in [3.05, 3.63) is 0 Å². The van der Waals surface area contributed by atoms with Crippen LogP contribution in [0.4, 0.5) is 0 Å². The third-order valence-corrected chi connectivity index (χ3v) is 7.19. The Labute approximate surface area is 150 Å². The number of nitrogens with zero attached hydrogens (tertiary/aromatic N) is 1. The fraction of sp³-hybridized carbons (Fsp3) is 0.944. The van der Waals surface area contributed by atoms with Crippen LogP contribution in [0.3, 0.4) is 0 Å². The van der Waals surface area contributed by atoms with Gasteiger partial charge in [0.15, 0.2) is 5.96 Å².